The van der Waals surface area contributed by atoms with Crippen LogP contribution >= 0.6 is 23.4 Å². The lowest BCUT2D eigenvalue weighted by Crippen LogP contribution is -2.17. The molecular weight excluding hydrogens is 192 g/mol. The van der Waals surface area contributed by atoms with E-state index in [2.05, 4.69) is 11.8 Å². The Morgan fingerprint density at radius 3 is 2.67 bits per heavy atom. The lowest BCUT2D eigenvalue weighted by atomic mass is 10.2. The average molecular weight is 209 g/mol. The Bertz CT molecular complexity index is 105. The molecule has 0 aromatic rings. The van der Waals surface area contributed by atoms with Gasteiger partial charge in [-0.05, 0) is 31.4 Å². The van der Waals surface area contributed by atoms with Crippen LogP contribution < -0.4 is 0 Å². The molecule has 0 spiro atoms. The predicted octanol–water partition coefficient (Wildman–Crippen LogP) is 2.92. The van der Waals surface area contributed by atoms with E-state index in [-0.39, 0.29) is 0 Å². The summed E-state index contributed by atoms with van der Waals surface area (Å²) < 4.78 is 5.29. The number of alkyl halides is 1. The topological polar surface area (TPSA) is 9.23 Å². The van der Waals surface area contributed by atoms with Gasteiger partial charge < -0.3 is 4.74 Å². The highest BCUT2D eigenvalue weighted by molar-refractivity contribution is 7.99. The molecule has 1 rings (SSSR count). The van der Waals surface area contributed by atoms with E-state index in [0.717, 1.165) is 30.8 Å². The molecule has 0 aromatic heterocycles. The summed E-state index contributed by atoms with van der Waals surface area (Å²) in [7, 11) is 0. The van der Waals surface area contributed by atoms with E-state index >= 15 is 0 Å². The van der Waals surface area contributed by atoms with E-state index < -0.39 is 0 Å². The van der Waals surface area contributed by atoms with E-state index in [4.69, 9.17) is 16.3 Å². The summed E-state index contributed by atoms with van der Waals surface area (Å²) in [4.78, 5) is 0. The maximum Gasteiger partial charge on any atom is 0.0476 e. The second kappa shape index (κ2) is 7.05. The molecule has 0 N–H and O–H groups in total. The second-order valence-corrected chi connectivity index (χ2v) is 4.86. The largest absolute Gasteiger partial charge is 0.381 e. The van der Waals surface area contributed by atoms with Gasteiger partial charge in [-0.1, -0.05) is 0 Å². The molecule has 0 saturated carbocycles. The highest BCUT2D eigenvalue weighted by Crippen LogP contribution is 2.22. The molecule has 0 unspecified atom stereocenters. The lowest BCUT2D eigenvalue weighted by molar-refractivity contribution is 0.100. The van der Waals surface area contributed by atoms with Gasteiger partial charge in [0.25, 0.3) is 0 Å². The van der Waals surface area contributed by atoms with Crippen molar-refractivity contribution in [1.29, 1.82) is 0 Å². The lowest BCUT2D eigenvalue weighted by Gasteiger charge is -2.21. The van der Waals surface area contributed by atoms with Crippen LogP contribution in [-0.4, -0.2) is 30.1 Å². The number of hydrogen-bond acceptors (Lipinski definition) is 2. The van der Waals surface area contributed by atoms with Crippen molar-refractivity contribution in [1.82, 2.24) is 0 Å². The third-order valence-corrected chi connectivity index (χ3v) is 3.78. The highest BCUT2D eigenvalue weighted by Gasteiger charge is 2.12. The van der Waals surface area contributed by atoms with Crippen LogP contribution in [0.2, 0.25) is 0 Å². The quantitative estimate of drug-likeness (QED) is 0.508. The summed E-state index contributed by atoms with van der Waals surface area (Å²) in [6, 6.07) is 0. The fourth-order valence-corrected chi connectivity index (χ4v) is 2.71. The van der Waals surface area contributed by atoms with Crippen LogP contribution in [-0.2, 0) is 4.74 Å². The summed E-state index contributed by atoms with van der Waals surface area (Å²) in [6.45, 7) is 1.93. The number of halogens is 1. The molecule has 0 atom stereocenters. The molecule has 0 radical (unpaired) electrons. The zero-order valence-corrected chi connectivity index (χ0v) is 9.00. The van der Waals surface area contributed by atoms with E-state index in [9.17, 15) is 0 Å². The van der Waals surface area contributed by atoms with Crippen molar-refractivity contribution in [3.63, 3.8) is 0 Å². The molecule has 1 fully saturated rings. The van der Waals surface area contributed by atoms with Crippen LogP contribution in [0.5, 0.6) is 0 Å². The molecule has 0 aliphatic carbocycles. The summed E-state index contributed by atoms with van der Waals surface area (Å²) >= 11 is 7.69. The Hall–Kier alpha value is 0.600. The van der Waals surface area contributed by atoms with Gasteiger partial charge in [0.15, 0.2) is 0 Å². The van der Waals surface area contributed by atoms with Gasteiger partial charge in [0, 0.05) is 24.3 Å². The van der Waals surface area contributed by atoms with Crippen LogP contribution in [0.25, 0.3) is 0 Å². The van der Waals surface area contributed by atoms with E-state index in [1.165, 1.54) is 25.0 Å². The normalized spacial score (nSPS) is 19.8. The van der Waals surface area contributed by atoms with Gasteiger partial charge in [0.1, 0.15) is 0 Å². The Kier molecular flexibility index (Phi) is 6.27. The molecule has 1 aliphatic heterocycles. The Balaban J connectivity index is 1.91. The number of hydrogen-bond donors (Lipinski definition) is 0. The zero-order chi connectivity index (χ0) is 8.65. The number of thioether (sulfide) groups is 1. The molecule has 1 nitrogen and oxygen atoms in total. The van der Waals surface area contributed by atoms with Crippen molar-refractivity contribution in [2.24, 2.45) is 0 Å². The fourth-order valence-electron chi connectivity index (χ4n) is 1.29. The fraction of sp³-hybridized carbons (Fsp3) is 1.00. The SMILES string of the molecule is ClCCCCSC1CCOCC1. The first kappa shape index (κ1) is 10.7. The second-order valence-electron chi connectivity index (χ2n) is 3.08. The van der Waals surface area contributed by atoms with Crippen LogP contribution in [0.3, 0.4) is 0 Å². The number of unbranched alkanes of at least 4 members (excludes halogenated alkanes) is 1. The van der Waals surface area contributed by atoms with E-state index in [0.29, 0.717) is 0 Å². The monoisotopic (exact) mass is 208 g/mol. The molecule has 1 aliphatic rings. The minimum Gasteiger partial charge on any atom is -0.381 e. The van der Waals surface area contributed by atoms with Crippen LogP contribution in [0, 0.1) is 0 Å². The van der Waals surface area contributed by atoms with Crippen molar-refractivity contribution in [3.05, 3.63) is 0 Å². The van der Waals surface area contributed by atoms with Gasteiger partial charge in [-0.3, -0.25) is 0 Å². The minimum atomic E-state index is 0.814. The van der Waals surface area contributed by atoms with Crippen LogP contribution in [0.4, 0.5) is 0 Å². The zero-order valence-electron chi connectivity index (χ0n) is 7.43. The van der Waals surface area contributed by atoms with Gasteiger partial charge in [0.2, 0.25) is 0 Å². The summed E-state index contributed by atoms with van der Waals surface area (Å²) in [5, 5.41) is 0.856. The molecule has 0 amide bonds. The average Bonchev–Trinajstić information content (AvgIpc) is 2.14. The molecule has 72 valence electrons. The number of ether oxygens (including phenoxy) is 1. The van der Waals surface area contributed by atoms with Crippen LogP contribution in [0.1, 0.15) is 25.7 Å². The smallest absolute Gasteiger partial charge is 0.0476 e. The third-order valence-electron chi connectivity index (χ3n) is 2.05. The van der Waals surface area contributed by atoms with Crippen LogP contribution in [0.15, 0.2) is 0 Å². The summed E-state index contributed by atoms with van der Waals surface area (Å²) in [6.07, 6.45) is 4.92. The molecular formula is C9H17ClOS. The molecule has 12 heavy (non-hydrogen) atoms. The van der Waals surface area contributed by atoms with E-state index in [1.807, 2.05) is 0 Å². The first-order valence-corrected chi connectivity index (χ1v) is 6.27. The van der Waals surface area contributed by atoms with E-state index in [1.54, 1.807) is 0 Å². The van der Waals surface area contributed by atoms with Gasteiger partial charge in [-0.15, -0.1) is 11.6 Å². The van der Waals surface area contributed by atoms with Crippen molar-refractivity contribution in [3.8, 4) is 0 Å². The Labute approximate surface area is 84.2 Å². The molecule has 0 aromatic carbocycles. The van der Waals surface area contributed by atoms with Crippen molar-refractivity contribution < 1.29 is 4.74 Å². The van der Waals surface area contributed by atoms with Gasteiger partial charge in [-0.2, -0.15) is 11.8 Å². The molecule has 1 saturated heterocycles. The molecule has 0 bridgehead atoms. The van der Waals surface area contributed by atoms with Crippen molar-refractivity contribution >= 4 is 23.4 Å². The third kappa shape index (κ3) is 4.58. The maximum atomic E-state index is 5.59. The Morgan fingerprint density at radius 2 is 2.00 bits per heavy atom. The van der Waals surface area contributed by atoms with Gasteiger partial charge in [0.05, 0.1) is 0 Å². The summed E-state index contributed by atoms with van der Waals surface area (Å²) in [5.41, 5.74) is 0. The first-order valence-electron chi connectivity index (χ1n) is 4.69. The molecule has 3 heteroatoms. The summed E-state index contributed by atoms with van der Waals surface area (Å²) in [5.74, 6) is 2.09. The van der Waals surface area contributed by atoms with Gasteiger partial charge >= 0.3 is 0 Å². The van der Waals surface area contributed by atoms with Crippen molar-refractivity contribution in [2.75, 3.05) is 24.8 Å². The minimum absolute atomic E-state index is 0.814. The van der Waals surface area contributed by atoms with Crippen molar-refractivity contribution in [2.45, 2.75) is 30.9 Å². The highest BCUT2D eigenvalue weighted by atomic mass is 35.5. The van der Waals surface area contributed by atoms with Gasteiger partial charge in [-0.25, -0.2) is 0 Å². The predicted molar refractivity (Wildman–Crippen MR) is 56.3 cm³/mol. The number of rotatable bonds is 5. The maximum absolute atomic E-state index is 5.59. The first-order chi connectivity index (χ1) is 5.93. The molecule has 1 heterocycles. The Morgan fingerprint density at radius 1 is 1.25 bits per heavy atom. The standard InChI is InChI=1S/C9H17ClOS/c10-5-1-2-8-12-9-3-6-11-7-4-9/h9H,1-8H2.